The minimum atomic E-state index is -0.660. The van der Waals surface area contributed by atoms with Gasteiger partial charge in [0, 0.05) is 19.3 Å². The molecule has 1 unspecified atom stereocenters. The van der Waals surface area contributed by atoms with Gasteiger partial charge in [-0.25, -0.2) is 4.39 Å². The lowest BCUT2D eigenvalue weighted by Crippen LogP contribution is -2.48. The van der Waals surface area contributed by atoms with Crippen LogP contribution in [0.5, 0.6) is 0 Å². The third-order valence-electron chi connectivity index (χ3n) is 3.29. The Hall–Kier alpha value is -0.150. The molecule has 2 fully saturated rings. The summed E-state index contributed by atoms with van der Waals surface area (Å²) in [6.07, 6.45) is 2.30. The SMILES string of the molecule is OC[N@@+]12CCCC1C[C@H](F)C2. The average molecular weight is 160 g/mol. The van der Waals surface area contributed by atoms with Crippen LogP contribution in [0.4, 0.5) is 4.39 Å². The Bertz CT molecular complexity index is 164. The summed E-state index contributed by atoms with van der Waals surface area (Å²) in [6.45, 7) is 1.69. The minimum Gasteiger partial charge on any atom is -0.347 e. The first-order chi connectivity index (χ1) is 5.27. The summed E-state index contributed by atoms with van der Waals surface area (Å²) in [5.41, 5.74) is 0. The van der Waals surface area contributed by atoms with Crippen molar-refractivity contribution in [3.05, 3.63) is 0 Å². The van der Waals surface area contributed by atoms with Crippen LogP contribution in [0.2, 0.25) is 0 Å². The molecule has 3 heteroatoms. The van der Waals surface area contributed by atoms with E-state index in [9.17, 15) is 4.39 Å². The standard InChI is InChI=1S/C8H15FNO/c9-7-4-8-2-1-3-10(8,5-7)6-11/h7-8,11H,1-6H2/q+1/t7-,8?,10-/m0/s1. The topological polar surface area (TPSA) is 20.2 Å². The van der Waals surface area contributed by atoms with Crippen LogP contribution in [-0.4, -0.2) is 41.6 Å². The molecular formula is C8H15FNO+. The summed E-state index contributed by atoms with van der Waals surface area (Å²) in [5, 5.41) is 9.15. The number of hydrogen-bond acceptors (Lipinski definition) is 1. The van der Waals surface area contributed by atoms with Crippen LogP contribution < -0.4 is 0 Å². The lowest BCUT2D eigenvalue weighted by atomic mass is 10.1. The zero-order valence-electron chi connectivity index (χ0n) is 6.67. The molecule has 0 spiro atoms. The molecule has 0 radical (unpaired) electrons. The van der Waals surface area contributed by atoms with Gasteiger partial charge < -0.3 is 5.11 Å². The van der Waals surface area contributed by atoms with Gasteiger partial charge in [0.1, 0.15) is 6.54 Å². The van der Waals surface area contributed by atoms with Crippen molar-refractivity contribution in [3.8, 4) is 0 Å². The van der Waals surface area contributed by atoms with Gasteiger partial charge in [0.05, 0.1) is 12.6 Å². The normalized spacial score (nSPS) is 49.6. The second-order valence-electron chi connectivity index (χ2n) is 3.90. The van der Waals surface area contributed by atoms with Crippen molar-refractivity contribution in [2.24, 2.45) is 0 Å². The lowest BCUT2D eigenvalue weighted by Gasteiger charge is -2.31. The van der Waals surface area contributed by atoms with Crippen molar-refractivity contribution in [1.82, 2.24) is 0 Å². The number of aliphatic hydroxyl groups excluding tert-OH is 1. The van der Waals surface area contributed by atoms with E-state index in [0.29, 0.717) is 23.5 Å². The molecule has 0 saturated carbocycles. The molecule has 0 aliphatic carbocycles. The van der Waals surface area contributed by atoms with Gasteiger partial charge in [-0.3, -0.25) is 4.48 Å². The van der Waals surface area contributed by atoms with E-state index in [1.165, 1.54) is 0 Å². The third kappa shape index (κ3) is 0.983. The summed E-state index contributed by atoms with van der Waals surface area (Å²) in [7, 11) is 0. The number of hydrogen-bond donors (Lipinski definition) is 1. The molecule has 11 heavy (non-hydrogen) atoms. The fourth-order valence-corrected chi connectivity index (χ4v) is 2.69. The molecule has 1 N–H and O–H groups in total. The van der Waals surface area contributed by atoms with Crippen molar-refractivity contribution in [2.75, 3.05) is 19.8 Å². The predicted molar refractivity (Wildman–Crippen MR) is 39.6 cm³/mol. The van der Waals surface area contributed by atoms with Gasteiger partial charge in [-0.15, -0.1) is 0 Å². The molecule has 2 heterocycles. The van der Waals surface area contributed by atoms with Gasteiger partial charge in [0.25, 0.3) is 0 Å². The molecule has 0 bridgehead atoms. The highest BCUT2D eigenvalue weighted by Gasteiger charge is 2.49. The van der Waals surface area contributed by atoms with Crippen LogP contribution in [0.15, 0.2) is 0 Å². The maximum Gasteiger partial charge on any atom is 0.180 e. The van der Waals surface area contributed by atoms with E-state index in [1.54, 1.807) is 0 Å². The molecule has 2 rings (SSSR count). The molecule has 2 nitrogen and oxygen atoms in total. The Labute approximate surface area is 66.2 Å². The second kappa shape index (κ2) is 2.42. The van der Waals surface area contributed by atoms with E-state index in [2.05, 4.69) is 0 Å². The first-order valence-electron chi connectivity index (χ1n) is 4.37. The van der Waals surface area contributed by atoms with Crippen LogP contribution in [0, 0.1) is 0 Å². The van der Waals surface area contributed by atoms with E-state index >= 15 is 0 Å². The minimum absolute atomic E-state index is 0.144. The molecule has 2 aliphatic heterocycles. The average Bonchev–Trinajstić information content (AvgIpc) is 2.43. The molecule has 0 amide bonds. The van der Waals surface area contributed by atoms with Crippen molar-refractivity contribution < 1.29 is 14.0 Å². The van der Waals surface area contributed by atoms with Gasteiger partial charge >= 0.3 is 0 Å². The third-order valence-corrected chi connectivity index (χ3v) is 3.29. The van der Waals surface area contributed by atoms with Crippen molar-refractivity contribution in [3.63, 3.8) is 0 Å². The summed E-state index contributed by atoms with van der Waals surface area (Å²) < 4.78 is 13.6. The molecular weight excluding hydrogens is 145 g/mol. The second-order valence-corrected chi connectivity index (χ2v) is 3.90. The lowest BCUT2D eigenvalue weighted by molar-refractivity contribution is -0.945. The number of aliphatic hydroxyl groups is 1. The summed E-state index contributed by atoms with van der Waals surface area (Å²) in [4.78, 5) is 0. The highest BCUT2D eigenvalue weighted by atomic mass is 19.1. The van der Waals surface area contributed by atoms with Crippen LogP contribution in [-0.2, 0) is 0 Å². The highest BCUT2D eigenvalue weighted by molar-refractivity contribution is 4.79. The number of alkyl halides is 1. The molecule has 0 aromatic carbocycles. The smallest absolute Gasteiger partial charge is 0.180 e. The molecule has 64 valence electrons. The molecule has 2 aliphatic rings. The first kappa shape index (κ1) is 7.50. The molecule has 3 atom stereocenters. The van der Waals surface area contributed by atoms with Crippen LogP contribution in [0.3, 0.4) is 0 Å². The zero-order valence-corrected chi connectivity index (χ0v) is 6.67. The van der Waals surface area contributed by atoms with Gasteiger partial charge in [0.15, 0.2) is 12.9 Å². The summed E-state index contributed by atoms with van der Waals surface area (Å²) in [5.74, 6) is 0. The Morgan fingerprint density at radius 2 is 2.36 bits per heavy atom. The van der Waals surface area contributed by atoms with Crippen LogP contribution in [0.1, 0.15) is 19.3 Å². The molecule has 2 saturated heterocycles. The number of nitrogens with zero attached hydrogens (tertiary/aromatic N) is 1. The maximum atomic E-state index is 13.0. The Kier molecular flexibility index (Phi) is 1.65. The Morgan fingerprint density at radius 3 is 3.00 bits per heavy atom. The fraction of sp³-hybridized carbons (Fsp3) is 1.00. The number of fused-ring (bicyclic) bond motifs is 1. The van der Waals surface area contributed by atoms with Gasteiger partial charge in [-0.1, -0.05) is 0 Å². The first-order valence-corrected chi connectivity index (χ1v) is 4.37. The number of rotatable bonds is 1. The Balaban J connectivity index is 2.15. The molecule has 0 aromatic rings. The van der Waals surface area contributed by atoms with Crippen molar-refractivity contribution >= 4 is 0 Å². The Morgan fingerprint density at radius 1 is 1.55 bits per heavy atom. The highest BCUT2D eigenvalue weighted by Crippen LogP contribution is 2.36. The maximum absolute atomic E-state index is 13.0. The van der Waals surface area contributed by atoms with E-state index in [1.807, 2.05) is 0 Å². The molecule has 0 aromatic heterocycles. The predicted octanol–water partition coefficient (Wildman–Crippen LogP) is 0.657. The monoisotopic (exact) mass is 160 g/mol. The summed E-state index contributed by atoms with van der Waals surface area (Å²) >= 11 is 0. The van der Waals surface area contributed by atoms with E-state index < -0.39 is 6.17 Å². The quantitative estimate of drug-likeness (QED) is 0.559. The van der Waals surface area contributed by atoms with Crippen molar-refractivity contribution in [2.45, 2.75) is 31.5 Å². The number of halogens is 1. The van der Waals surface area contributed by atoms with Crippen LogP contribution in [0.25, 0.3) is 0 Å². The van der Waals surface area contributed by atoms with E-state index in [0.717, 1.165) is 19.4 Å². The number of quaternary nitrogens is 1. The van der Waals surface area contributed by atoms with Crippen LogP contribution >= 0.6 is 0 Å². The van der Waals surface area contributed by atoms with Gasteiger partial charge in [0.2, 0.25) is 0 Å². The largest absolute Gasteiger partial charge is 0.347 e. The van der Waals surface area contributed by atoms with E-state index in [4.69, 9.17) is 5.11 Å². The van der Waals surface area contributed by atoms with Gasteiger partial charge in [-0.05, 0) is 0 Å². The van der Waals surface area contributed by atoms with E-state index in [-0.39, 0.29) is 6.73 Å². The fourth-order valence-electron chi connectivity index (χ4n) is 2.69. The van der Waals surface area contributed by atoms with Crippen molar-refractivity contribution in [1.29, 1.82) is 0 Å². The summed E-state index contributed by atoms with van der Waals surface area (Å²) in [6, 6.07) is 0.426. The van der Waals surface area contributed by atoms with Gasteiger partial charge in [-0.2, -0.15) is 0 Å². The zero-order chi connectivity index (χ0) is 7.90.